The highest BCUT2D eigenvalue weighted by atomic mass is 127. The van der Waals surface area contributed by atoms with E-state index in [9.17, 15) is 4.39 Å². The van der Waals surface area contributed by atoms with E-state index in [2.05, 4.69) is 86.2 Å². The maximum atomic E-state index is 11.0. The molecule has 0 aliphatic heterocycles. The van der Waals surface area contributed by atoms with E-state index in [4.69, 9.17) is 29.2 Å². The van der Waals surface area contributed by atoms with Gasteiger partial charge in [-0.05, 0) is 44.8 Å². The van der Waals surface area contributed by atoms with Crippen molar-refractivity contribution in [1.29, 1.82) is 0.594 Å². The Balaban J connectivity index is 0.000000250. The van der Waals surface area contributed by atoms with Crippen LogP contribution in [0.3, 0.4) is 0 Å². The standard InChI is InChI=1S/C5H4IN5.C5H5N5.C4H4N4.CH3FINS.CH3NO/c6-3-2-4(7)8-1-9-5(2)11-10-3;6-4-3-1-9-10-5(3)8-2-7-4;1-6-3-2-7-8-4(3)5;2-1-5-4-3;2-1-3/h1H,(H3,7,8,9,10,11);1-2H,(H3,6,7,8,9,10);2H,(H3,5,7,8);3H,1H2;1H,(H2,2,3)/i;;;3D;. The van der Waals surface area contributed by atoms with Crippen LogP contribution < -0.4 is 22.9 Å². The fraction of sp³-hybridized carbons (Fsp3) is 0.0625. The molecule has 37 heavy (non-hydrogen) atoms. The van der Waals surface area contributed by atoms with Crippen molar-refractivity contribution in [2.45, 2.75) is 0 Å². The zero-order valence-corrected chi connectivity index (χ0v) is 23.5. The van der Waals surface area contributed by atoms with Gasteiger partial charge < -0.3 is 22.9 Å². The van der Waals surface area contributed by atoms with Gasteiger partial charge in [-0.25, -0.2) is 29.2 Å². The molecule has 17 nitrogen and oxygen atoms in total. The molecule has 0 bridgehead atoms. The Kier molecular flexibility index (Phi) is 14.0. The van der Waals surface area contributed by atoms with Crippen molar-refractivity contribution >= 4 is 108 Å². The number of anilines is 3. The summed E-state index contributed by atoms with van der Waals surface area (Å²) in [5.41, 5.74) is 22.1. The van der Waals surface area contributed by atoms with Crippen LogP contribution in [0.5, 0.6) is 0 Å². The molecule has 0 radical (unpaired) electrons. The van der Waals surface area contributed by atoms with Crippen LogP contribution in [0.15, 0.2) is 27.6 Å². The van der Waals surface area contributed by atoms with E-state index in [0.29, 0.717) is 34.4 Å². The van der Waals surface area contributed by atoms with Crippen LogP contribution in [0, 0.1) is 10.3 Å². The van der Waals surface area contributed by atoms with Gasteiger partial charge in [0, 0.05) is 11.9 Å². The highest BCUT2D eigenvalue weighted by molar-refractivity contribution is 14.1. The third-order valence-electron chi connectivity index (χ3n) is 3.48. The molecular formula is C16H19FI2N16OS. The number of hydrogen-bond acceptors (Lipinski definition) is 13. The first kappa shape index (κ1) is 29.4. The zero-order valence-electron chi connectivity index (χ0n) is 19.4. The molecule has 5 rings (SSSR count). The molecular weight excluding hydrogens is 737 g/mol. The predicted octanol–water partition coefficient (Wildman–Crippen LogP) is 2.03. The van der Waals surface area contributed by atoms with Crippen LogP contribution in [-0.4, -0.2) is 63.5 Å². The van der Waals surface area contributed by atoms with Crippen LogP contribution >= 0.6 is 56.8 Å². The number of H-pyrrole nitrogens is 3. The van der Waals surface area contributed by atoms with Gasteiger partial charge in [-0.2, -0.15) is 17.8 Å². The molecule has 0 fully saturated rings. The molecule has 5 heterocycles. The van der Waals surface area contributed by atoms with Gasteiger partial charge in [0.1, 0.15) is 34.4 Å². The first-order valence-corrected chi connectivity index (χ1v) is 12.1. The number of fused-ring (bicyclic) bond motifs is 2. The Bertz CT molecular complexity index is 1470. The molecule has 196 valence electrons. The summed E-state index contributed by atoms with van der Waals surface area (Å²) >= 11 is 2.13. The topological polar surface area (TPSA) is 275 Å². The fourth-order valence-corrected chi connectivity index (χ4v) is 3.01. The molecule has 21 heteroatoms. The monoisotopic (exact) mass is 757 g/mol. The van der Waals surface area contributed by atoms with Crippen molar-refractivity contribution in [2.75, 3.05) is 23.2 Å². The number of aromatic amines is 3. The lowest BCUT2D eigenvalue weighted by atomic mass is 10.4. The first-order valence-electron chi connectivity index (χ1n) is 9.52. The van der Waals surface area contributed by atoms with Crippen LogP contribution in [0.4, 0.5) is 27.5 Å². The van der Waals surface area contributed by atoms with E-state index >= 15 is 0 Å². The van der Waals surface area contributed by atoms with Gasteiger partial charge in [0.15, 0.2) is 17.3 Å². The van der Waals surface area contributed by atoms with E-state index in [1.807, 2.05) is 0 Å². The van der Waals surface area contributed by atoms with Gasteiger partial charge in [0.25, 0.3) is 0 Å². The molecule has 0 aromatic carbocycles. The summed E-state index contributed by atoms with van der Waals surface area (Å²) < 4.78 is 21.7. The Morgan fingerprint density at radius 1 is 1.16 bits per heavy atom. The first-order chi connectivity index (χ1) is 18.3. The van der Waals surface area contributed by atoms with E-state index in [-0.39, 0.29) is 6.41 Å². The number of hydrogen-bond donors (Lipinski definition) is 7. The number of nitrogens with two attached hydrogens (primary N) is 4. The Hall–Kier alpha value is -3.79. The maximum Gasteiger partial charge on any atom is 0.246 e. The van der Waals surface area contributed by atoms with Crippen molar-refractivity contribution in [3.63, 3.8) is 0 Å². The Morgan fingerprint density at radius 2 is 1.84 bits per heavy atom. The van der Waals surface area contributed by atoms with Gasteiger partial charge in [-0.3, -0.25) is 20.1 Å². The quantitative estimate of drug-likeness (QED) is 0.0590. The maximum absolute atomic E-state index is 11.0. The van der Waals surface area contributed by atoms with Crippen molar-refractivity contribution in [3.8, 4) is 0 Å². The number of primary amides is 1. The lowest BCUT2D eigenvalue weighted by molar-refractivity contribution is -0.106. The van der Waals surface area contributed by atoms with Crippen LogP contribution in [0.25, 0.3) is 26.9 Å². The van der Waals surface area contributed by atoms with Gasteiger partial charge in [0.05, 0.1) is 29.7 Å². The third-order valence-corrected chi connectivity index (χ3v) is 5.29. The van der Waals surface area contributed by atoms with Crippen LogP contribution in [-0.2, 0) is 4.79 Å². The highest BCUT2D eigenvalue weighted by Crippen LogP contribution is 2.19. The number of nitrogens with zero attached hydrogens (tertiary/aromatic N) is 9. The number of alkyl halides is 1. The number of nitrogen functional groups attached to an aromatic ring is 3. The molecule has 0 aliphatic rings. The minimum absolute atomic E-state index is 0.250. The molecule has 11 N–H and O–H groups in total. The number of carbonyl (C=O) groups excluding carboxylic acids is 1. The lowest BCUT2D eigenvalue weighted by Crippen LogP contribution is -1.91. The van der Waals surface area contributed by atoms with Gasteiger partial charge in [0.2, 0.25) is 12.1 Å². The molecule has 5 aromatic rings. The summed E-state index contributed by atoms with van der Waals surface area (Å²) in [6.07, 6.45) is 6.04. The molecule has 5 aromatic heterocycles. The second-order valence-electron chi connectivity index (χ2n) is 5.61. The van der Waals surface area contributed by atoms with Crippen molar-refractivity contribution < 1.29 is 9.18 Å². The van der Waals surface area contributed by atoms with Crippen molar-refractivity contribution in [1.82, 2.24) is 50.5 Å². The summed E-state index contributed by atoms with van der Waals surface area (Å²) in [5.74, 6) is 1.26. The average Bonchev–Trinajstić information content (AvgIpc) is 3.65. The fourth-order valence-electron chi connectivity index (χ4n) is 2.02. The molecule has 0 saturated heterocycles. The number of carbonyl (C=O) groups is 1. The number of nitrogens with one attached hydrogen (secondary N) is 3. The molecule has 0 saturated carbocycles. The average molecular weight is 757 g/mol. The normalized spacial score (nSPS) is 10.0. The molecule has 0 atom stereocenters. The second kappa shape index (κ2) is 17.6. The minimum Gasteiger partial charge on any atom is -0.393 e. The van der Waals surface area contributed by atoms with E-state index < -0.39 is 28.2 Å². The van der Waals surface area contributed by atoms with Crippen molar-refractivity contribution in [3.05, 3.63) is 40.2 Å². The van der Waals surface area contributed by atoms with Gasteiger partial charge in [-0.1, -0.05) is 0 Å². The predicted molar refractivity (Wildman–Crippen MR) is 156 cm³/mol. The minimum atomic E-state index is -0.801. The SMILES string of the molecule is NC=O.Nc1ncnc2[nH]ncc12.Nc1ncnc2n[nH]c(I)c12.[2H]I=NSCF.[C-]#[N+]c1cn[nH]c1N. The zero-order chi connectivity index (χ0) is 28.3. The number of aromatic nitrogens is 10. The Morgan fingerprint density at radius 3 is 2.35 bits per heavy atom. The van der Waals surface area contributed by atoms with Crippen molar-refractivity contribution in [2.24, 2.45) is 8.28 Å². The smallest absolute Gasteiger partial charge is 0.246 e. The summed E-state index contributed by atoms with van der Waals surface area (Å²) in [5, 5.41) is 20.6. The number of halogens is 3. The largest absolute Gasteiger partial charge is 0.393 e. The van der Waals surface area contributed by atoms with E-state index in [1.54, 1.807) is 6.20 Å². The summed E-state index contributed by atoms with van der Waals surface area (Å²) in [4.78, 5) is 27.1. The summed E-state index contributed by atoms with van der Waals surface area (Å²) in [6.45, 7) is 6.49. The van der Waals surface area contributed by atoms with E-state index in [0.717, 1.165) is 26.4 Å². The van der Waals surface area contributed by atoms with Gasteiger partial charge >= 0.3 is 0 Å². The molecule has 0 aliphatic carbocycles. The molecule has 1 amide bonds. The van der Waals surface area contributed by atoms with Crippen LogP contribution in [0.2, 0.25) is 0 Å². The molecule has 0 unspecified atom stereocenters. The summed E-state index contributed by atoms with van der Waals surface area (Å²) in [6, 6.07) is -0.488. The highest BCUT2D eigenvalue weighted by Gasteiger charge is 2.06. The Labute approximate surface area is 239 Å². The molecule has 0 spiro atoms. The summed E-state index contributed by atoms with van der Waals surface area (Å²) in [7, 11) is 0. The lowest BCUT2D eigenvalue weighted by Gasteiger charge is -1.90. The number of rotatable bonds is 2. The third kappa shape index (κ3) is 10.4. The second-order valence-corrected chi connectivity index (χ2v) is 8.49. The van der Waals surface area contributed by atoms with Crippen LogP contribution in [0.1, 0.15) is 0 Å². The number of amides is 1. The van der Waals surface area contributed by atoms with E-state index in [1.165, 1.54) is 18.9 Å². The van der Waals surface area contributed by atoms with Gasteiger partial charge in [-0.15, -0.1) is 0 Å².